The van der Waals surface area contributed by atoms with Gasteiger partial charge in [0.2, 0.25) is 0 Å². The zero-order valence-corrected chi connectivity index (χ0v) is 58.7. The molecule has 0 aliphatic heterocycles. The summed E-state index contributed by atoms with van der Waals surface area (Å²) in [6.07, 6.45) is 0. The highest BCUT2D eigenvalue weighted by Crippen LogP contribution is 2.43. The van der Waals surface area contributed by atoms with Crippen molar-refractivity contribution in [1.82, 2.24) is 39.0 Å². The number of fused-ring (bicyclic) bond motifs is 12. The first-order valence-corrected chi connectivity index (χ1v) is 37.1. The summed E-state index contributed by atoms with van der Waals surface area (Å²) >= 11 is 3.71. The monoisotopic (exact) mass is 1390 g/mol. The minimum absolute atomic E-state index is 0.638. The first-order valence-electron chi connectivity index (χ1n) is 35.5. The van der Waals surface area contributed by atoms with Gasteiger partial charge in [0, 0.05) is 107 Å². The maximum Gasteiger partial charge on any atom is 0.164 e. The molecule has 0 unspecified atom stereocenters. The van der Waals surface area contributed by atoms with E-state index in [0.717, 1.165) is 66.9 Å². The van der Waals surface area contributed by atoms with Crippen LogP contribution in [0.15, 0.2) is 364 Å². The van der Waals surface area contributed by atoms with Gasteiger partial charge < -0.3 is 9.13 Å². The lowest BCUT2D eigenvalue weighted by molar-refractivity contribution is 1.07. The van der Waals surface area contributed by atoms with E-state index in [2.05, 4.69) is 252 Å². The first-order chi connectivity index (χ1) is 52.5. The molecule has 0 aliphatic carbocycles. The molecular weight excluding hydrogens is 1330 g/mol. The van der Waals surface area contributed by atoms with E-state index in [1.807, 2.05) is 144 Å². The van der Waals surface area contributed by atoms with Gasteiger partial charge >= 0.3 is 0 Å². The summed E-state index contributed by atoms with van der Waals surface area (Å²) in [4.78, 5) is 29.8. The Morgan fingerprint density at radius 2 is 0.425 bits per heavy atom. The van der Waals surface area contributed by atoms with Crippen LogP contribution in [0.3, 0.4) is 0 Å². The largest absolute Gasteiger partial charge is 0.309 e. The molecule has 0 saturated heterocycles. The van der Waals surface area contributed by atoms with Crippen LogP contribution >= 0.6 is 22.7 Å². The van der Waals surface area contributed by atoms with Gasteiger partial charge in [0.05, 0.1) is 22.1 Å². The number of hydrogen-bond acceptors (Lipinski definition) is 8. The minimum Gasteiger partial charge on any atom is -0.309 e. The summed E-state index contributed by atoms with van der Waals surface area (Å²) in [5.74, 6) is 3.88. The maximum absolute atomic E-state index is 5.00. The van der Waals surface area contributed by atoms with Crippen LogP contribution in [0.1, 0.15) is 0 Å². The quantitative estimate of drug-likeness (QED) is 0.128. The van der Waals surface area contributed by atoms with Gasteiger partial charge in [-0.15, -0.1) is 22.7 Å². The van der Waals surface area contributed by atoms with Crippen molar-refractivity contribution in [3.05, 3.63) is 364 Å². The molecule has 0 atom stereocenters. The molecule has 0 amide bonds. The van der Waals surface area contributed by atoms with Gasteiger partial charge in [-0.1, -0.05) is 261 Å². The molecule has 0 aliphatic rings. The third-order valence-electron chi connectivity index (χ3n) is 20.1. The molecule has 0 bridgehead atoms. The summed E-state index contributed by atoms with van der Waals surface area (Å²) in [5, 5.41) is 10.2. The number of para-hydroxylation sites is 2. The molecule has 10 heteroatoms. The number of aromatic nitrogens is 8. The lowest BCUT2D eigenvalue weighted by Crippen LogP contribution is -2.01. The Morgan fingerprint density at radius 1 is 0.160 bits per heavy atom. The topological polar surface area (TPSA) is 87.2 Å². The van der Waals surface area contributed by atoms with Gasteiger partial charge in [-0.25, -0.2) is 29.9 Å². The number of hydrogen-bond donors (Lipinski definition) is 0. The average Bonchev–Trinajstić information content (AvgIpc) is 1.59. The van der Waals surface area contributed by atoms with Crippen molar-refractivity contribution >= 4 is 107 Å². The van der Waals surface area contributed by atoms with Crippen molar-refractivity contribution in [2.75, 3.05) is 0 Å². The zero-order valence-electron chi connectivity index (χ0n) is 57.0. The van der Waals surface area contributed by atoms with E-state index in [1.165, 1.54) is 95.2 Å². The molecule has 496 valence electrons. The molecule has 0 radical (unpaired) electrons. The van der Waals surface area contributed by atoms with Crippen LogP contribution in [-0.2, 0) is 0 Å². The molecule has 21 aromatic rings. The average molecular weight is 1390 g/mol. The summed E-state index contributed by atoms with van der Waals surface area (Å²) in [6.45, 7) is 0. The van der Waals surface area contributed by atoms with E-state index in [-0.39, 0.29) is 0 Å². The molecule has 8 nitrogen and oxygen atoms in total. The van der Waals surface area contributed by atoms with Gasteiger partial charge in [0.25, 0.3) is 0 Å². The normalized spacial score (nSPS) is 11.6. The van der Waals surface area contributed by atoms with Gasteiger partial charge in [0.1, 0.15) is 0 Å². The number of benzene rings is 15. The molecule has 6 aromatic heterocycles. The van der Waals surface area contributed by atoms with E-state index in [0.29, 0.717) is 34.9 Å². The van der Waals surface area contributed by atoms with Gasteiger partial charge in [-0.2, -0.15) is 0 Å². The van der Waals surface area contributed by atoms with Crippen LogP contribution in [0.4, 0.5) is 0 Å². The maximum atomic E-state index is 5.00. The Bertz CT molecular complexity index is 6850. The molecule has 21 rings (SSSR count). The smallest absolute Gasteiger partial charge is 0.164 e. The Balaban J connectivity index is 0.000000141. The van der Waals surface area contributed by atoms with E-state index in [4.69, 9.17) is 29.9 Å². The van der Waals surface area contributed by atoms with E-state index in [1.54, 1.807) is 0 Å². The summed E-state index contributed by atoms with van der Waals surface area (Å²) in [5.41, 5.74) is 19.6. The first kappa shape index (κ1) is 62.2. The summed E-state index contributed by atoms with van der Waals surface area (Å²) < 4.78 is 10.0. The predicted molar refractivity (Wildman–Crippen MR) is 443 cm³/mol. The Hall–Kier alpha value is -13.6. The van der Waals surface area contributed by atoms with Crippen LogP contribution in [0.2, 0.25) is 0 Å². The van der Waals surface area contributed by atoms with Gasteiger partial charge in [-0.3, -0.25) is 0 Å². The summed E-state index contributed by atoms with van der Waals surface area (Å²) in [6, 6.07) is 129. The molecule has 0 N–H and O–H groups in total. The second kappa shape index (κ2) is 26.3. The van der Waals surface area contributed by atoms with Gasteiger partial charge in [0.15, 0.2) is 34.9 Å². The third kappa shape index (κ3) is 11.3. The van der Waals surface area contributed by atoms with Crippen molar-refractivity contribution in [3.8, 4) is 113 Å². The van der Waals surface area contributed by atoms with E-state index < -0.39 is 0 Å². The second-order valence-corrected chi connectivity index (χ2v) is 28.7. The highest BCUT2D eigenvalue weighted by Gasteiger charge is 2.21. The van der Waals surface area contributed by atoms with E-state index >= 15 is 0 Å². The SMILES string of the molecule is c1ccc(-c2nc(-c3ccccc3)nc(-c3cccc(-c4cccc(-n5c6ccccc6c6cc(-c7ccc8sc9ccccc9c8c7)ccc65)c4)c3)n2)cc1.c1ccc(-c2nc(-c3ccccc3)nc(-c3cccc(-n4c5ccccc5c5cc(-c6ccc7sc8ccccc8c7c6)ccc54)c3)n2)cc1. The van der Waals surface area contributed by atoms with Crippen LogP contribution in [0, 0.1) is 0 Å². The fraction of sp³-hybridized carbons (Fsp3) is 0. The Labute approximate surface area is 618 Å². The standard InChI is InChI=1S/C51H32N4S.C45H28N4S/c1-3-13-33(14-4-1)49-52-50(34-15-5-2-6-16-34)54-51(53-49)39-19-11-17-35(29-39)36-18-12-20-40(30-36)55-45-23-9-7-21-41(45)43-31-37(25-27-46(43)55)38-26-28-48-44(32-38)42-22-8-10-24-47(42)56-48;1-3-12-29(13-4-1)43-46-44(30-14-5-2-6-15-30)48-45(47-43)33-16-11-17-34(26-33)49-39-20-9-7-18-35(39)37-27-31(22-24-40(37)49)32-23-25-42-38(28-32)36-19-8-10-21-41(36)50-42/h1-32H;1-28H. The van der Waals surface area contributed by atoms with Crippen molar-refractivity contribution in [2.24, 2.45) is 0 Å². The molecule has 0 spiro atoms. The number of thiophene rings is 2. The van der Waals surface area contributed by atoms with Crippen LogP contribution in [-0.4, -0.2) is 39.0 Å². The third-order valence-corrected chi connectivity index (χ3v) is 22.4. The second-order valence-electron chi connectivity index (χ2n) is 26.5. The fourth-order valence-corrected chi connectivity index (χ4v) is 17.2. The zero-order chi connectivity index (χ0) is 70.0. The van der Waals surface area contributed by atoms with Crippen molar-refractivity contribution in [1.29, 1.82) is 0 Å². The minimum atomic E-state index is 0.638. The van der Waals surface area contributed by atoms with Crippen LogP contribution < -0.4 is 0 Å². The molecule has 6 heterocycles. The van der Waals surface area contributed by atoms with Crippen molar-refractivity contribution < 1.29 is 0 Å². The number of nitrogens with zero attached hydrogens (tertiary/aromatic N) is 8. The van der Waals surface area contributed by atoms with Crippen molar-refractivity contribution in [3.63, 3.8) is 0 Å². The molecule has 0 fully saturated rings. The van der Waals surface area contributed by atoms with Crippen LogP contribution in [0.5, 0.6) is 0 Å². The van der Waals surface area contributed by atoms with Crippen LogP contribution in [0.25, 0.3) is 197 Å². The molecular formula is C96H60N8S2. The fourth-order valence-electron chi connectivity index (χ4n) is 15.0. The highest BCUT2D eigenvalue weighted by molar-refractivity contribution is 7.26. The lowest BCUT2D eigenvalue weighted by atomic mass is 10.0. The molecule has 0 saturated carbocycles. The van der Waals surface area contributed by atoms with E-state index in [9.17, 15) is 0 Å². The Morgan fingerprint density at radius 3 is 0.840 bits per heavy atom. The highest BCUT2D eigenvalue weighted by atomic mass is 32.1. The lowest BCUT2D eigenvalue weighted by Gasteiger charge is -2.12. The Kier molecular flexibility index (Phi) is 15.4. The predicted octanol–water partition coefficient (Wildman–Crippen LogP) is 25.7. The molecule has 15 aromatic carbocycles. The number of rotatable bonds is 11. The molecule has 106 heavy (non-hydrogen) atoms. The summed E-state index contributed by atoms with van der Waals surface area (Å²) in [7, 11) is 0. The van der Waals surface area contributed by atoms with Gasteiger partial charge in [-0.05, 0) is 137 Å². The van der Waals surface area contributed by atoms with Crippen molar-refractivity contribution in [2.45, 2.75) is 0 Å².